The zero-order valence-electron chi connectivity index (χ0n) is 6.31. The van der Waals surface area contributed by atoms with Crippen molar-refractivity contribution in [1.82, 2.24) is 5.32 Å². The number of hydrogen-bond acceptors (Lipinski definition) is 2. The van der Waals surface area contributed by atoms with Crippen LogP contribution < -0.4 is 5.32 Å². The molecule has 0 aliphatic carbocycles. The molecular formula is C7H15NS. The molecule has 1 N–H and O–H groups in total. The Hall–Kier alpha value is -0.110. The van der Waals surface area contributed by atoms with Crippen LogP contribution in [-0.2, 0) is 0 Å². The molecule has 54 valence electrons. The molecule has 0 spiro atoms. The first-order chi connectivity index (χ1) is 3.98. The van der Waals surface area contributed by atoms with Gasteiger partial charge in [-0.25, -0.2) is 0 Å². The molecule has 0 bridgehead atoms. The quantitative estimate of drug-likeness (QED) is 0.447. The molecule has 1 atom stereocenters. The van der Waals surface area contributed by atoms with E-state index < -0.39 is 0 Å². The molecule has 1 unspecified atom stereocenters. The lowest BCUT2D eigenvalue weighted by Crippen LogP contribution is -2.31. The van der Waals surface area contributed by atoms with Crippen molar-refractivity contribution >= 4 is 12.6 Å². The SMILES string of the molecule is C=CNC(S)C(C)(C)C. The molecule has 0 amide bonds. The first-order valence-corrected chi connectivity index (χ1v) is 3.55. The minimum atomic E-state index is 0.190. The minimum Gasteiger partial charge on any atom is -0.379 e. The molecule has 0 aromatic rings. The Kier molecular flexibility index (Phi) is 3.12. The second-order valence-corrected chi connectivity index (χ2v) is 3.66. The maximum Gasteiger partial charge on any atom is 0.0736 e. The van der Waals surface area contributed by atoms with Gasteiger partial charge in [0.25, 0.3) is 0 Å². The molecule has 0 rings (SSSR count). The molecule has 0 saturated carbocycles. The Morgan fingerprint density at radius 1 is 1.56 bits per heavy atom. The molecule has 0 saturated heterocycles. The Balaban J connectivity index is 3.72. The summed E-state index contributed by atoms with van der Waals surface area (Å²) in [5.74, 6) is 0. The molecule has 0 heterocycles. The van der Waals surface area contributed by atoms with Crippen LogP contribution in [0, 0.1) is 5.41 Å². The Morgan fingerprint density at radius 2 is 2.00 bits per heavy atom. The van der Waals surface area contributed by atoms with Crippen molar-refractivity contribution in [3.05, 3.63) is 12.8 Å². The highest BCUT2D eigenvalue weighted by Crippen LogP contribution is 2.21. The van der Waals surface area contributed by atoms with Gasteiger partial charge < -0.3 is 5.32 Å². The molecule has 0 fully saturated rings. The smallest absolute Gasteiger partial charge is 0.0736 e. The summed E-state index contributed by atoms with van der Waals surface area (Å²) in [5, 5.41) is 3.20. The van der Waals surface area contributed by atoms with Crippen molar-refractivity contribution < 1.29 is 0 Å². The van der Waals surface area contributed by atoms with Gasteiger partial charge in [-0.2, -0.15) is 12.6 Å². The van der Waals surface area contributed by atoms with Gasteiger partial charge in [0, 0.05) is 0 Å². The van der Waals surface area contributed by atoms with Crippen LogP contribution in [0.4, 0.5) is 0 Å². The Morgan fingerprint density at radius 3 is 2.11 bits per heavy atom. The topological polar surface area (TPSA) is 12.0 Å². The van der Waals surface area contributed by atoms with Gasteiger partial charge in [0.2, 0.25) is 0 Å². The van der Waals surface area contributed by atoms with Crippen LogP contribution in [-0.4, -0.2) is 5.37 Å². The summed E-state index contributed by atoms with van der Waals surface area (Å²) in [6, 6.07) is 0. The van der Waals surface area contributed by atoms with Crippen LogP contribution in [0.25, 0.3) is 0 Å². The van der Waals surface area contributed by atoms with E-state index >= 15 is 0 Å². The molecular weight excluding hydrogens is 130 g/mol. The zero-order valence-corrected chi connectivity index (χ0v) is 7.20. The fraction of sp³-hybridized carbons (Fsp3) is 0.714. The summed E-state index contributed by atoms with van der Waals surface area (Å²) in [4.78, 5) is 0. The van der Waals surface area contributed by atoms with Gasteiger partial charge in [-0.3, -0.25) is 0 Å². The third kappa shape index (κ3) is 3.46. The summed E-state index contributed by atoms with van der Waals surface area (Å²) in [6.07, 6.45) is 1.67. The molecule has 0 aliphatic heterocycles. The summed E-state index contributed by atoms with van der Waals surface area (Å²) in [7, 11) is 0. The van der Waals surface area contributed by atoms with Crippen LogP contribution in [0.1, 0.15) is 20.8 Å². The number of nitrogens with one attached hydrogen (secondary N) is 1. The first-order valence-electron chi connectivity index (χ1n) is 3.03. The van der Waals surface area contributed by atoms with E-state index in [9.17, 15) is 0 Å². The zero-order chi connectivity index (χ0) is 7.49. The summed E-state index contributed by atoms with van der Waals surface area (Å²) < 4.78 is 0. The van der Waals surface area contributed by atoms with Crippen molar-refractivity contribution in [3.8, 4) is 0 Å². The van der Waals surface area contributed by atoms with Crippen LogP contribution in [0.5, 0.6) is 0 Å². The van der Waals surface area contributed by atoms with Gasteiger partial charge in [-0.1, -0.05) is 27.4 Å². The van der Waals surface area contributed by atoms with E-state index in [1.165, 1.54) is 0 Å². The lowest BCUT2D eigenvalue weighted by molar-refractivity contribution is 0.375. The Bertz CT molecular complexity index is 93.6. The van der Waals surface area contributed by atoms with Crippen LogP contribution >= 0.6 is 12.6 Å². The third-order valence-electron chi connectivity index (χ3n) is 1.10. The third-order valence-corrected chi connectivity index (χ3v) is 2.02. The number of hydrogen-bond donors (Lipinski definition) is 2. The standard InChI is InChI=1S/C7H15NS/c1-5-8-6(9)7(2,3)4/h5-6,8-9H,1H2,2-4H3. The number of rotatable bonds is 2. The molecule has 1 nitrogen and oxygen atoms in total. The summed E-state index contributed by atoms with van der Waals surface area (Å²) in [6.45, 7) is 9.93. The minimum absolute atomic E-state index is 0.190. The van der Waals surface area contributed by atoms with Crippen molar-refractivity contribution in [2.45, 2.75) is 26.1 Å². The van der Waals surface area contributed by atoms with E-state index in [4.69, 9.17) is 0 Å². The highest BCUT2D eigenvalue weighted by Gasteiger charge is 2.18. The van der Waals surface area contributed by atoms with E-state index in [2.05, 4.69) is 45.3 Å². The lowest BCUT2D eigenvalue weighted by Gasteiger charge is -2.26. The molecule has 2 heteroatoms. The maximum atomic E-state index is 4.31. The second-order valence-electron chi connectivity index (χ2n) is 3.14. The normalized spacial score (nSPS) is 14.7. The average molecular weight is 145 g/mol. The molecule has 0 aromatic carbocycles. The van der Waals surface area contributed by atoms with Gasteiger partial charge in [0.05, 0.1) is 5.37 Å². The molecule has 9 heavy (non-hydrogen) atoms. The van der Waals surface area contributed by atoms with Crippen molar-refractivity contribution in [1.29, 1.82) is 0 Å². The highest BCUT2D eigenvalue weighted by atomic mass is 32.1. The van der Waals surface area contributed by atoms with E-state index in [1.54, 1.807) is 6.20 Å². The van der Waals surface area contributed by atoms with Crippen LogP contribution in [0.3, 0.4) is 0 Å². The summed E-state index contributed by atoms with van der Waals surface area (Å²) in [5.41, 5.74) is 0.192. The highest BCUT2D eigenvalue weighted by molar-refractivity contribution is 7.80. The van der Waals surface area contributed by atoms with Gasteiger partial charge >= 0.3 is 0 Å². The predicted molar refractivity (Wildman–Crippen MR) is 45.6 cm³/mol. The van der Waals surface area contributed by atoms with E-state index in [0.717, 1.165) is 0 Å². The van der Waals surface area contributed by atoms with Gasteiger partial charge in [-0.05, 0) is 11.6 Å². The van der Waals surface area contributed by atoms with Gasteiger partial charge in [0.15, 0.2) is 0 Å². The van der Waals surface area contributed by atoms with Crippen LogP contribution in [0.15, 0.2) is 12.8 Å². The molecule has 0 aromatic heterocycles. The van der Waals surface area contributed by atoms with E-state index in [1.807, 2.05) is 0 Å². The molecule has 0 aliphatic rings. The predicted octanol–water partition coefficient (Wildman–Crippen LogP) is 2.02. The van der Waals surface area contributed by atoms with Gasteiger partial charge in [-0.15, -0.1) is 0 Å². The second kappa shape index (κ2) is 3.16. The van der Waals surface area contributed by atoms with E-state index in [-0.39, 0.29) is 10.8 Å². The number of thiol groups is 1. The summed E-state index contributed by atoms with van der Waals surface area (Å²) >= 11 is 4.31. The van der Waals surface area contributed by atoms with Crippen molar-refractivity contribution in [2.75, 3.05) is 0 Å². The average Bonchev–Trinajstić information content (AvgIpc) is 1.64. The monoisotopic (exact) mass is 145 g/mol. The maximum absolute atomic E-state index is 4.31. The van der Waals surface area contributed by atoms with E-state index in [0.29, 0.717) is 0 Å². The fourth-order valence-corrected chi connectivity index (χ4v) is 0.467. The fourth-order valence-electron chi connectivity index (χ4n) is 0.362. The van der Waals surface area contributed by atoms with Crippen molar-refractivity contribution in [2.24, 2.45) is 5.41 Å². The largest absolute Gasteiger partial charge is 0.379 e. The van der Waals surface area contributed by atoms with Crippen molar-refractivity contribution in [3.63, 3.8) is 0 Å². The molecule has 0 radical (unpaired) electrons. The lowest BCUT2D eigenvalue weighted by atomic mass is 9.96. The van der Waals surface area contributed by atoms with Gasteiger partial charge in [0.1, 0.15) is 0 Å². The Labute approximate surface area is 62.9 Å². The van der Waals surface area contributed by atoms with Crippen LogP contribution in [0.2, 0.25) is 0 Å². The first kappa shape index (κ1) is 8.89.